The number of hydrogen-bond donors (Lipinski definition) is 1. The van der Waals surface area contributed by atoms with Crippen LogP contribution in [0.25, 0.3) is 0 Å². The van der Waals surface area contributed by atoms with Crippen molar-refractivity contribution in [2.75, 3.05) is 26.2 Å². The molecule has 1 aromatic rings. The van der Waals surface area contributed by atoms with Crippen LogP contribution < -0.4 is 0 Å². The summed E-state index contributed by atoms with van der Waals surface area (Å²) in [5, 5.41) is 9.31. The van der Waals surface area contributed by atoms with Gasteiger partial charge in [0.05, 0.1) is 23.5 Å². The lowest BCUT2D eigenvalue weighted by Crippen LogP contribution is -2.42. The summed E-state index contributed by atoms with van der Waals surface area (Å²) < 4.78 is 1.09. The first-order chi connectivity index (χ1) is 9.63. The van der Waals surface area contributed by atoms with Crippen LogP contribution in [0.5, 0.6) is 0 Å². The third kappa shape index (κ3) is 4.04. The van der Waals surface area contributed by atoms with Gasteiger partial charge in [0, 0.05) is 17.5 Å². The number of aliphatic hydroxyl groups is 1. The molecule has 0 aromatic carbocycles. The third-order valence-electron chi connectivity index (χ3n) is 3.76. The fourth-order valence-electron chi connectivity index (χ4n) is 2.58. The van der Waals surface area contributed by atoms with E-state index in [1.165, 1.54) is 4.88 Å². The van der Waals surface area contributed by atoms with Crippen LogP contribution in [0.3, 0.4) is 0 Å². The predicted octanol–water partition coefficient (Wildman–Crippen LogP) is 2.32. The summed E-state index contributed by atoms with van der Waals surface area (Å²) in [6, 6.07) is 4.23. The molecule has 0 bridgehead atoms. The van der Waals surface area contributed by atoms with Gasteiger partial charge in [-0.15, -0.1) is 11.3 Å². The summed E-state index contributed by atoms with van der Waals surface area (Å²) in [5.41, 5.74) is 0. The Morgan fingerprint density at radius 3 is 3.00 bits per heavy atom. The molecule has 0 spiro atoms. The molecule has 1 N–H and O–H groups in total. The number of aliphatic hydroxyl groups excluding tert-OH is 1. The third-order valence-corrected chi connectivity index (χ3v) is 5.37. The van der Waals surface area contributed by atoms with E-state index in [0.29, 0.717) is 19.6 Å². The molecule has 0 saturated carbocycles. The summed E-state index contributed by atoms with van der Waals surface area (Å²) >= 11 is 5.11. The predicted molar refractivity (Wildman–Crippen MR) is 84.8 cm³/mol. The van der Waals surface area contributed by atoms with Gasteiger partial charge in [-0.3, -0.25) is 9.69 Å². The minimum absolute atomic E-state index is 0.150. The van der Waals surface area contributed by atoms with Crippen molar-refractivity contribution in [3.05, 3.63) is 20.8 Å². The zero-order valence-corrected chi connectivity index (χ0v) is 14.1. The van der Waals surface area contributed by atoms with E-state index < -0.39 is 0 Å². The normalized spacial score (nSPS) is 19.4. The molecule has 1 aliphatic heterocycles. The second-order valence-electron chi connectivity index (χ2n) is 5.06. The van der Waals surface area contributed by atoms with Crippen LogP contribution in [0.1, 0.15) is 24.6 Å². The van der Waals surface area contributed by atoms with E-state index in [2.05, 4.69) is 26.9 Å². The lowest BCUT2D eigenvalue weighted by atomic mass is 10.2. The number of likely N-dealkylation sites (tertiary alicyclic amines) is 1. The van der Waals surface area contributed by atoms with Gasteiger partial charge in [-0.1, -0.05) is 0 Å². The highest BCUT2D eigenvalue weighted by atomic mass is 79.9. The smallest absolute Gasteiger partial charge is 0.237 e. The first kappa shape index (κ1) is 15.9. The Bertz CT molecular complexity index is 452. The molecular weight excluding hydrogens is 340 g/mol. The molecule has 6 heteroatoms. The number of nitrogens with zero attached hydrogens (tertiary/aromatic N) is 2. The zero-order chi connectivity index (χ0) is 14.5. The molecule has 1 amide bonds. The largest absolute Gasteiger partial charge is 0.395 e. The standard InChI is InChI=1S/C14H21BrN2O2S/c1-2-16(8-12-5-6-13(15)20-12)14(19)9-17-7-3-4-11(17)10-18/h5-6,11,18H,2-4,7-10H2,1H3. The number of rotatable bonds is 6. The SMILES string of the molecule is CCN(Cc1ccc(Br)s1)C(=O)CN1CCCC1CO. The van der Waals surface area contributed by atoms with Crippen LogP contribution in [0.15, 0.2) is 15.9 Å². The van der Waals surface area contributed by atoms with Crippen LogP contribution in [-0.2, 0) is 11.3 Å². The van der Waals surface area contributed by atoms with Crippen molar-refractivity contribution in [1.82, 2.24) is 9.80 Å². The molecule has 2 heterocycles. The van der Waals surface area contributed by atoms with E-state index in [9.17, 15) is 9.90 Å². The van der Waals surface area contributed by atoms with Crippen molar-refractivity contribution in [3.63, 3.8) is 0 Å². The monoisotopic (exact) mass is 360 g/mol. The Balaban J connectivity index is 1.91. The summed E-state index contributed by atoms with van der Waals surface area (Å²) in [6.45, 7) is 4.88. The van der Waals surface area contributed by atoms with E-state index in [4.69, 9.17) is 0 Å². The van der Waals surface area contributed by atoms with Gasteiger partial charge in [0.15, 0.2) is 0 Å². The number of thiophene rings is 1. The Hall–Kier alpha value is -0.430. The number of likely N-dealkylation sites (N-methyl/N-ethyl adjacent to an activating group) is 1. The first-order valence-electron chi connectivity index (χ1n) is 7.01. The van der Waals surface area contributed by atoms with E-state index in [1.54, 1.807) is 11.3 Å². The lowest BCUT2D eigenvalue weighted by molar-refractivity contribution is -0.133. The van der Waals surface area contributed by atoms with Crippen molar-refractivity contribution in [2.45, 2.75) is 32.4 Å². The molecule has 1 aliphatic rings. The van der Waals surface area contributed by atoms with Gasteiger partial charge in [-0.05, 0) is 54.4 Å². The average Bonchev–Trinajstić information content (AvgIpc) is 3.04. The Labute approximate surface area is 132 Å². The lowest BCUT2D eigenvalue weighted by Gasteiger charge is -2.26. The molecule has 1 aromatic heterocycles. The molecule has 4 nitrogen and oxygen atoms in total. The second-order valence-corrected chi connectivity index (χ2v) is 7.61. The maximum Gasteiger partial charge on any atom is 0.237 e. The van der Waals surface area contributed by atoms with Crippen LogP contribution in [-0.4, -0.2) is 53.1 Å². The minimum atomic E-state index is 0.150. The van der Waals surface area contributed by atoms with E-state index in [0.717, 1.165) is 23.2 Å². The number of carbonyl (C=O) groups excluding carboxylic acids is 1. The van der Waals surface area contributed by atoms with Gasteiger partial charge in [-0.25, -0.2) is 0 Å². The number of halogens is 1. The Kier molecular flexibility index (Phi) is 6.01. The van der Waals surface area contributed by atoms with Gasteiger partial charge in [0.2, 0.25) is 5.91 Å². The average molecular weight is 361 g/mol. The van der Waals surface area contributed by atoms with E-state index >= 15 is 0 Å². The van der Waals surface area contributed by atoms with Crippen molar-refractivity contribution >= 4 is 33.2 Å². The van der Waals surface area contributed by atoms with Crippen LogP contribution >= 0.6 is 27.3 Å². The maximum absolute atomic E-state index is 12.4. The highest BCUT2D eigenvalue weighted by Crippen LogP contribution is 2.23. The number of amides is 1. The zero-order valence-electron chi connectivity index (χ0n) is 11.7. The van der Waals surface area contributed by atoms with Gasteiger partial charge in [-0.2, -0.15) is 0 Å². The Morgan fingerprint density at radius 1 is 1.60 bits per heavy atom. The van der Waals surface area contributed by atoms with Gasteiger partial charge in [0.25, 0.3) is 0 Å². The first-order valence-corrected chi connectivity index (χ1v) is 8.62. The van der Waals surface area contributed by atoms with Crippen molar-refractivity contribution in [1.29, 1.82) is 0 Å². The molecule has 2 rings (SSSR count). The molecule has 1 atom stereocenters. The van der Waals surface area contributed by atoms with Gasteiger partial charge in [0.1, 0.15) is 0 Å². The Morgan fingerprint density at radius 2 is 2.40 bits per heavy atom. The molecule has 1 saturated heterocycles. The summed E-state index contributed by atoms with van der Waals surface area (Å²) in [4.78, 5) is 17.6. The summed E-state index contributed by atoms with van der Waals surface area (Å²) in [7, 11) is 0. The molecule has 1 fully saturated rings. The quantitative estimate of drug-likeness (QED) is 0.846. The van der Waals surface area contributed by atoms with E-state index in [-0.39, 0.29) is 18.6 Å². The second kappa shape index (κ2) is 7.54. The van der Waals surface area contributed by atoms with Gasteiger partial charge < -0.3 is 10.0 Å². The summed E-state index contributed by atoms with van der Waals surface area (Å²) in [5.74, 6) is 0.150. The fraction of sp³-hybridized carbons (Fsp3) is 0.643. The van der Waals surface area contributed by atoms with Gasteiger partial charge >= 0.3 is 0 Å². The summed E-state index contributed by atoms with van der Waals surface area (Å²) in [6.07, 6.45) is 2.07. The van der Waals surface area contributed by atoms with Crippen molar-refractivity contribution in [2.24, 2.45) is 0 Å². The van der Waals surface area contributed by atoms with Crippen LogP contribution in [0.2, 0.25) is 0 Å². The molecule has 20 heavy (non-hydrogen) atoms. The molecular formula is C14H21BrN2O2S. The highest BCUT2D eigenvalue weighted by molar-refractivity contribution is 9.11. The molecule has 0 radical (unpaired) electrons. The number of carbonyl (C=O) groups is 1. The van der Waals surface area contributed by atoms with Crippen molar-refractivity contribution < 1.29 is 9.90 Å². The maximum atomic E-state index is 12.4. The van der Waals surface area contributed by atoms with Crippen LogP contribution in [0.4, 0.5) is 0 Å². The molecule has 112 valence electrons. The number of hydrogen-bond acceptors (Lipinski definition) is 4. The molecule has 0 aliphatic carbocycles. The topological polar surface area (TPSA) is 43.8 Å². The van der Waals surface area contributed by atoms with Crippen molar-refractivity contribution in [3.8, 4) is 0 Å². The fourth-order valence-corrected chi connectivity index (χ4v) is 4.08. The van der Waals surface area contributed by atoms with Crippen LogP contribution in [0, 0.1) is 0 Å². The minimum Gasteiger partial charge on any atom is -0.395 e. The highest BCUT2D eigenvalue weighted by Gasteiger charge is 2.27. The van der Waals surface area contributed by atoms with E-state index in [1.807, 2.05) is 17.9 Å². The molecule has 1 unspecified atom stereocenters.